The molecule has 2 aromatic rings. The molecule has 1 N–H and O–H groups in total. The summed E-state index contributed by atoms with van der Waals surface area (Å²) in [5, 5.41) is 2.15. The maximum Gasteiger partial charge on any atom is 0.434 e. The van der Waals surface area contributed by atoms with Crippen LogP contribution in [0, 0.1) is 11.7 Å². The predicted molar refractivity (Wildman–Crippen MR) is 118 cm³/mol. The number of aromatic nitrogens is 2. The molecule has 0 aliphatic carbocycles. The molecule has 1 saturated heterocycles. The molecule has 186 valence electrons. The van der Waals surface area contributed by atoms with Crippen molar-refractivity contribution in [2.45, 2.75) is 31.0 Å². The van der Waals surface area contributed by atoms with Crippen molar-refractivity contribution in [2.75, 3.05) is 42.7 Å². The first-order chi connectivity index (χ1) is 15.7. The Labute approximate surface area is 194 Å². The number of hydrogen-bond donors (Lipinski definition) is 1. The molecular formula is C21H25F4N5O3S. The van der Waals surface area contributed by atoms with Gasteiger partial charge in [-0.25, -0.2) is 22.8 Å². The molecule has 1 aromatic heterocycles. The van der Waals surface area contributed by atoms with Crippen molar-refractivity contribution in [1.29, 1.82) is 0 Å². The lowest BCUT2D eigenvalue weighted by atomic mass is 9.99. The zero-order valence-electron chi connectivity index (χ0n) is 19.0. The van der Waals surface area contributed by atoms with Crippen molar-refractivity contribution < 1.29 is 30.8 Å². The van der Waals surface area contributed by atoms with E-state index in [1.165, 1.54) is 19.2 Å². The molecule has 8 nitrogen and oxygen atoms in total. The van der Waals surface area contributed by atoms with Gasteiger partial charge >= 0.3 is 6.18 Å². The number of sulfone groups is 1. The van der Waals surface area contributed by atoms with Crippen molar-refractivity contribution >= 4 is 27.4 Å². The SMILES string of the molecule is CNC(=O)c1cnc(N2CCN(c3ccc(F)c(S(C)(=O)=O)c3)CC2C(C)C)nc1C(F)(F)F. The van der Waals surface area contributed by atoms with Crippen LogP contribution in [0.15, 0.2) is 29.3 Å². The zero-order chi connectivity index (χ0) is 25.4. The molecule has 0 bridgehead atoms. The van der Waals surface area contributed by atoms with Crippen LogP contribution >= 0.6 is 0 Å². The van der Waals surface area contributed by atoms with Crippen LogP contribution < -0.4 is 15.1 Å². The van der Waals surface area contributed by atoms with Gasteiger partial charge in [-0.05, 0) is 24.1 Å². The number of hydrogen-bond acceptors (Lipinski definition) is 7. The van der Waals surface area contributed by atoms with Gasteiger partial charge in [0, 0.05) is 44.8 Å². The summed E-state index contributed by atoms with van der Waals surface area (Å²) in [6, 6.07) is 3.47. The molecule has 1 aromatic carbocycles. The Balaban J connectivity index is 1.96. The second-order valence-electron chi connectivity index (χ2n) is 8.35. The standard InChI is InChI=1S/C21H25F4N5O3S/c1-12(2)16-11-29(13-5-6-15(22)17(9-13)34(4,32)33)7-8-30(16)20-27-10-14(19(31)26-3)18(28-20)21(23,24)25/h5-6,9-10,12,16H,7-8,11H2,1-4H3,(H,26,31). The molecular weight excluding hydrogens is 478 g/mol. The van der Waals surface area contributed by atoms with Crippen molar-refractivity contribution in [1.82, 2.24) is 15.3 Å². The van der Waals surface area contributed by atoms with Crippen LogP contribution in [0.3, 0.4) is 0 Å². The maximum atomic E-state index is 14.0. The fourth-order valence-corrected chi connectivity index (χ4v) is 4.62. The molecule has 1 unspecified atom stereocenters. The topological polar surface area (TPSA) is 95.5 Å². The van der Waals surface area contributed by atoms with E-state index in [1.807, 2.05) is 18.7 Å². The molecule has 34 heavy (non-hydrogen) atoms. The number of nitrogens with zero attached hydrogens (tertiary/aromatic N) is 4. The van der Waals surface area contributed by atoms with Gasteiger partial charge in [-0.15, -0.1) is 0 Å². The smallest absolute Gasteiger partial charge is 0.368 e. The number of rotatable bonds is 5. The number of carbonyl (C=O) groups excluding carboxylic acids is 1. The van der Waals surface area contributed by atoms with Gasteiger partial charge < -0.3 is 15.1 Å². The minimum atomic E-state index is -4.86. The molecule has 0 spiro atoms. The van der Waals surface area contributed by atoms with Gasteiger partial charge in [-0.1, -0.05) is 13.8 Å². The van der Waals surface area contributed by atoms with Crippen LogP contribution in [-0.4, -0.2) is 63.3 Å². The third-order valence-electron chi connectivity index (χ3n) is 5.64. The van der Waals surface area contributed by atoms with Crippen LogP contribution in [0.1, 0.15) is 29.9 Å². The van der Waals surface area contributed by atoms with Crippen molar-refractivity contribution in [3.8, 4) is 0 Å². The van der Waals surface area contributed by atoms with Crippen LogP contribution in [0.5, 0.6) is 0 Å². The minimum absolute atomic E-state index is 0.0471. The first kappa shape index (κ1) is 25.7. The van der Waals surface area contributed by atoms with Crippen LogP contribution in [-0.2, 0) is 16.0 Å². The Hall–Kier alpha value is -2.96. The Morgan fingerprint density at radius 1 is 1.24 bits per heavy atom. The lowest BCUT2D eigenvalue weighted by Gasteiger charge is -2.44. The summed E-state index contributed by atoms with van der Waals surface area (Å²) in [4.78, 5) is 22.7. The third kappa shape index (κ3) is 5.24. The molecule has 1 aliphatic rings. The van der Waals surface area contributed by atoms with E-state index in [0.29, 0.717) is 18.8 Å². The Bertz CT molecular complexity index is 1190. The molecule has 1 atom stereocenters. The van der Waals surface area contributed by atoms with Gasteiger partial charge in [0.25, 0.3) is 5.91 Å². The molecule has 1 amide bonds. The van der Waals surface area contributed by atoms with Crippen molar-refractivity contribution in [2.24, 2.45) is 5.92 Å². The molecule has 3 rings (SSSR count). The Morgan fingerprint density at radius 2 is 1.91 bits per heavy atom. The second-order valence-corrected chi connectivity index (χ2v) is 10.3. The summed E-state index contributed by atoms with van der Waals surface area (Å²) in [6.07, 6.45) is -3.07. The van der Waals surface area contributed by atoms with E-state index in [4.69, 9.17) is 0 Å². The van der Waals surface area contributed by atoms with Gasteiger partial charge in [-0.3, -0.25) is 4.79 Å². The average Bonchev–Trinajstić information content (AvgIpc) is 2.76. The number of alkyl halides is 3. The molecule has 0 saturated carbocycles. The van der Waals surface area contributed by atoms with Gasteiger partial charge in [0.1, 0.15) is 10.7 Å². The second kappa shape index (κ2) is 9.35. The lowest BCUT2D eigenvalue weighted by molar-refractivity contribution is -0.141. The number of carbonyl (C=O) groups is 1. The summed E-state index contributed by atoms with van der Waals surface area (Å²) in [6.45, 7) is 4.62. The minimum Gasteiger partial charge on any atom is -0.368 e. The summed E-state index contributed by atoms with van der Waals surface area (Å²) in [5.74, 6) is -2.00. The quantitative estimate of drug-likeness (QED) is 0.627. The van der Waals surface area contributed by atoms with E-state index in [2.05, 4.69) is 15.3 Å². The van der Waals surface area contributed by atoms with E-state index in [-0.39, 0.29) is 24.5 Å². The van der Waals surface area contributed by atoms with E-state index in [1.54, 1.807) is 4.90 Å². The van der Waals surface area contributed by atoms with Gasteiger partial charge in [-0.2, -0.15) is 13.2 Å². The van der Waals surface area contributed by atoms with Gasteiger partial charge in [0.05, 0.1) is 11.6 Å². The van der Waals surface area contributed by atoms with E-state index < -0.39 is 43.9 Å². The number of amides is 1. The Morgan fingerprint density at radius 3 is 2.47 bits per heavy atom. The predicted octanol–water partition coefficient (Wildman–Crippen LogP) is 2.75. The van der Waals surface area contributed by atoms with E-state index in [9.17, 15) is 30.8 Å². The van der Waals surface area contributed by atoms with Crippen molar-refractivity contribution in [3.05, 3.63) is 41.5 Å². The van der Waals surface area contributed by atoms with E-state index in [0.717, 1.165) is 18.5 Å². The van der Waals surface area contributed by atoms with E-state index >= 15 is 0 Å². The fourth-order valence-electron chi connectivity index (χ4n) is 3.86. The normalized spacial score (nSPS) is 17.3. The van der Waals surface area contributed by atoms with Crippen LogP contribution in [0.4, 0.5) is 29.2 Å². The molecule has 1 aliphatic heterocycles. The summed E-state index contributed by atoms with van der Waals surface area (Å²) >= 11 is 0. The zero-order valence-corrected chi connectivity index (χ0v) is 19.8. The Kier molecular flexibility index (Phi) is 7.06. The number of anilines is 2. The highest BCUT2D eigenvalue weighted by Gasteiger charge is 2.39. The summed E-state index contributed by atoms with van der Waals surface area (Å²) in [7, 11) is -2.56. The summed E-state index contributed by atoms with van der Waals surface area (Å²) < 4.78 is 78.7. The highest BCUT2D eigenvalue weighted by atomic mass is 32.2. The molecule has 0 radical (unpaired) electrons. The number of piperazine rings is 1. The van der Waals surface area contributed by atoms with Crippen LogP contribution in [0.25, 0.3) is 0 Å². The van der Waals surface area contributed by atoms with Gasteiger partial charge in [0.15, 0.2) is 15.5 Å². The van der Waals surface area contributed by atoms with Crippen molar-refractivity contribution in [3.63, 3.8) is 0 Å². The first-order valence-electron chi connectivity index (χ1n) is 10.4. The number of halogens is 4. The molecule has 1 fully saturated rings. The van der Waals surface area contributed by atoms with Gasteiger partial charge in [0.2, 0.25) is 5.95 Å². The highest BCUT2D eigenvalue weighted by molar-refractivity contribution is 7.90. The first-order valence-corrected chi connectivity index (χ1v) is 12.3. The van der Waals surface area contributed by atoms with Crippen LogP contribution in [0.2, 0.25) is 0 Å². The average molecular weight is 504 g/mol. The highest BCUT2D eigenvalue weighted by Crippen LogP contribution is 2.33. The lowest BCUT2D eigenvalue weighted by Crippen LogP contribution is -2.56. The number of nitrogens with one attached hydrogen (secondary N) is 1. The molecule has 2 heterocycles. The summed E-state index contributed by atoms with van der Waals surface area (Å²) in [5.41, 5.74) is -1.50. The third-order valence-corrected chi connectivity index (χ3v) is 6.75. The maximum absolute atomic E-state index is 14.0. The monoisotopic (exact) mass is 503 g/mol. The largest absolute Gasteiger partial charge is 0.434 e. The molecule has 13 heteroatoms. The fraction of sp³-hybridized carbons (Fsp3) is 0.476. The number of benzene rings is 1.